The minimum atomic E-state index is -0.545. The summed E-state index contributed by atoms with van der Waals surface area (Å²) in [5.41, 5.74) is 1.84. The summed E-state index contributed by atoms with van der Waals surface area (Å²) in [7, 11) is 0. The first kappa shape index (κ1) is 26.8. The lowest BCUT2D eigenvalue weighted by Gasteiger charge is -2.31. The third-order valence-corrected chi connectivity index (χ3v) is 6.64. The van der Waals surface area contributed by atoms with Crippen LogP contribution in [-0.2, 0) is 21.9 Å². The molecule has 0 saturated heterocycles. The summed E-state index contributed by atoms with van der Waals surface area (Å²) in [4.78, 5) is 27.8. The van der Waals surface area contributed by atoms with Gasteiger partial charge in [0, 0.05) is 33.9 Å². The second-order valence-corrected chi connectivity index (χ2v) is 10.2. The Bertz CT molecular complexity index is 907. The van der Waals surface area contributed by atoms with Crippen LogP contribution < -0.4 is 5.32 Å². The van der Waals surface area contributed by atoms with Crippen molar-refractivity contribution >= 4 is 58.4 Å². The Morgan fingerprint density at radius 1 is 1.03 bits per heavy atom. The first-order valence-corrected chi connectivity index (χ1v) is 12.8. The van der Waals surface area contributed by atoms with Crippen LogP contribution >= 0.6 is 46.6 Å². The Labute approximate surface area is 210 Å². The van der Waals surface area contributed by atoms with E-state index in [1.165, 1.54) is 11.8 Å². The molecule has 174 valence electrons. The highest BCUT2D eigenvalue weighted by Crippen LogP contribution is 2.25. The summed E-state index contributed by atoms with van der Waals surface area (Å²) < 4.78 is 0. The van der Waals surface area contributed by atoms with Crippen molar-refractivity contribution in [3.63, 3.8) is 0 Å². The zero-order chi connectivity index (χ0) is 23.7. The molecule has 0 fully saturated rings. The van der Waals surface area contributed by atoms with Gasteiger partial charge in [-0.25, -0.2) is 0 Å². The lowest BCUT2D eigenvalue weighted by atomic mass is 10.1. The highest BCUT2D eigenvalue weighted by atomic mass is 35.5. The van der Waals surface area contributed by atoms with E-state index in [9.17, 15) is 9.59 Å². The van der Waals surface area contributed by atoms with Gasteiger partial charge >= 0.3 is 0 Å². The van der Waals surface area contributed by atoms with Gasteiger partial charge in [-0.05, 0) is 47.7 Å². The van der Waals surface area contributed by atoms with Crippen LogP contribution in [-0.4, -0.2) is 35.1 Å². The number of rotatable bonds is 11. The minimum absolute atomic E-state index is 0.0958. The van der Waals surface area contributed by atoms with Crippen molar-refractivity contribution in [2.45, 2.75) is 45.5 Å². The van der Waals surface area contributed by atoms with Gasteiger partial charge in [0.15, 0.2) is 0 Å². The first-order chi connectivity index (χ1) is 15.2. The van der Waals surface area contributed by atoms with Gasteiger partial charge in [0.05, 0.1) is 5.75 Å². The van der Waals surface area contributed by atoms with Crippen LogP contribution in [0.5, 0.6) is 0 Å². The summed E-state index contributed by atoms with van der Waals surface area (Å²) in [5, 5.41) is 4.75. The summed E-state index contributed by atoms with van der Waals surface area (Å²) in [6, 6.07) is 12.1. The molecule has 0 aromatic heterocycles. The predicted octanol–water partition coefficient (Wildman–Crippen LogP) is 6.46. The number of thioether (sulfide) groups is 1. The molecule has 2 rings (SSSR count). The molecule has 0 saturated carbocycles. The number of hydrogen-bond donors (Lipinski definition) is 1. The van der Waals surface area contributed by atoms with Gasteiger partial charge in [-0.3, -0.25) is 9.59 Å². The van der Waals surface area contributed by atoms with Crippen LogP contribution in [0.25, 0.3) is 0 Å². The lowest BCUT2D eigenvalue weighted by Crippen LogP contribution is -2.50. The van der Waals surface area contributed by atoms with Crippen molar-refractivity contribution in [3.8, 4) is 0 Å². The Balaban J connectivity index is 2.12. The molecule has 2 aromatic rings. The van der Waals surface area contributed by atoms with Crippen molar-refractivity contribution in [3.05, 3.63) is 68.7 Å². The molecule has 0 spiro atoms. The fourth-order valence-electron chi connectivity index (χ4n) is 3.10. The van der Waals surface area contributed by atoms with E-state index in [1.807, 2.05) is 39.0 Å². The van der Waals surface area contributed by atoms with Gasteiger partial charge in [0.25, 0.3) is 0 Å². The fraction of sp³-hybridized carbons (Fsp3) is 0.417. The number of amides is 2. The zero-order valence-corrected chi connectivity index (χ0v) is 21.6. The smallest absolute Gasteiger partial charge is 0.242 e. The number of benzene rings is 2. The molecule has 1 atom stereocenters. The largest absolute Gasteiger partial charge is 0.354 e. The highest BCUT2D eigenvalue weighted by molar-refractivity contribution is 7.99. The lowest BCUT2D eigenvalue weighted by molar-refractivity contribution is -0.139. The predicted molar refractivity (Wildman–Crippen MR) is 137 cm³/mol. The van der Waals surface area contributed by atoms with Crippen LogP contribution in [0.15, 0.2) is 42.5 Å². The standard InChI is InChI=1S/C24H29Cl3N2O2S/c1-4-22(24(31)28-12-16(2)3)29(13-17-5-8-19(25)9-6-17)23(30)15-32-14-18-7-10-20(26)11-21(18)27/h5-11,16,22H,4,12-15H2,1-3H3,(H,28,31). The van der Waals surface area contributed by atoms with Crippen molar-refractivity contribution in [2.75, 3.05) is 12.3 Å². The summed E-state index contributed by atoms with van der Waals surface area (Å²) >= 11 is 19.7. The number of carbonyl (C=O) groups excluding carboxylic acids is 2. The van der Waals surface area contributed by atoms with Crippen molar-refractivity contribution in [1.29, 1.82) is 0 Å². The van der Waals surface area contributed by atoms with E-state index in [4.69, 9.17) is 34.8 Å². The number of hydrogen-bond acceptors (Lipinski definition) is 3. The average molecular weight is 516 g/mol. The molecule has 1 N–H and O–H groups in total. The first-order valence-electron chi connectivity index (χ1n) is 10.5. The minimum Gasteiger partial charge on any atom is -0.354 e. The molecule has 0 aliphatic carbocycles. The molecule has 0 heterocycles. The summed E-state index contributed by atoms with van der Waals surface area (Å²) in [5.74, 6) is 0.917. The highest BCUT2D eigenvalue weighted by Gasteiger charge is 2.28. The molecule has 8 heteroatoms. The van der Waals surface area contributed by atoms with E-state index in [0.29, 0.717) is 46.2 Å². The van der Waals surface area contributed by atoms with Crippen LogP contribution in [0.4, 0.5) is 0 Å². The van der Waals surface area contributed by atoms with Gasteiger partial charge in [0.2, 0.25) is 11.8 Å². The van der Waals surface area contributed by atoms with E-state index >= 15 is 0 Å². The van der Waals surface area contributed by atoms with Gasteiger partial charge in [-0.1, -0.05) is 73.8 Å². The Morgan fingerprint density at radius 3 is 2.28 bits per heavy atom. The number of nitrogens with zero attached hydrogens (tertiary/aromatic N) is 1. The van der Waals surface area contributed by atoms with Crippen molar-refractivity contribution in [2.24, 2.45) is 5.92 Å². The second-order valence-electron chi connectivity index (χ2n) is 7.94. The van der Waals surface area contributed by atoms with E-state index in [0.717, 1.165) is 11.1 Å². The molecule has 4 nitrogen and oxygen atoms in total. The Hall–Kier alpha value is -1.40. The molecule has 1 unspecified atom stereocenters. The fourth-order valence-corrected chi connectivity index (χ4v) is 4.69. The van der Waals surface area contributed by atoms with Crippen LogP contribution in [0.3, 0.4) is 0 Å². The topological polar surface area (TPSA) is 49.4 Å². The Kier molecular flexibility index (Phi) is 11.2. The van der Waals surface area contributed by atoms with E-state index in [-0.39, 0.29) is 17.6 Å². The molecule has 0 radical (unpaired) electrons. The third kappa shape index (κ3) is 8.51. The third-order valence-electron chi connectivity index (χ3n) is 4.83. The molecular formula is C24H29Cl3N2O2S. The number of nitrogens with one attached hydrogen (secondary N) is 1. The maximum atomic E-state index is 13.2. The van der Waals surface area contributed by atoms with Crippen molar-refractivity contribution in [1.82, 2.24) is 10.2 Å². The van der Waals surface area contributed by atoms with Crippen molar-refractivity contribution < 1.29 is 9.59 Å². The number of halogens is 3. The maximum absolute atomic E-state index is 13.2. The van der Waals surface area contributed by atoms with Gasteiger partial charge in [0.1, 0.15) is 6.04 Å². The molecule has 0 aliphatic rings. The van der Waals surface area contributed by atoms with E-state index in [2.05, 4.69) is 5.32 Å². The van der Waals surface area contributed by atoms with Crippen LogP contribution in [0.2, 0.25) is 15.1 Å². The van der Waals surface area contributed by atoms with Gasteiger partial charge in [-0.15, -0.1) is 11.8 Å². The van der Waals surface area contributed by atoms with E-state index in [1.54, 1.807) is 29.2 Å². The number of carbonyl (C=O) groups is 2. The summed E-state index contributed by atoms with van der Waals surface area (Å²) in [6.07, 6.45) is 0.525. The summed E-state index contributed by atoms with van der Waals surface area (Å²) in [6.45, 7) is 6.91. The average Bonchev–Trinajstić information content (AvgIpc) is 2.74. The monoisotopic (exact) mass is 514 g/mol. The molecule has 0 aliphatic heterocycles. The molecule has 2 amide bonds. The zero-order valence-electron chi connectivity index (χ0n) is 18.5. The normalized spacial score (nSPS) is 12.0. The van der Waals surface area contributed by atoms with E-state index < -0.39 is 6.04 Å². The quantitative estimate of drug-likeness (QED) is 0.373. The molecule has 2 aromatic carbocycles. The SMILES string of the molecule is CCC(C(=O)NCC(C)C)N(Cc1ccc(Cl)cc1)C(=O)CSCc1ccc(Cl)cc1Cl. The van der Waals surface area contributed by atoms with Crippen LogP contribution in [0, 0.1) is 5.92 Å². The Morgan fingerprint density at radius 2 is 1.69 bits per heavy atom. The molecule has 32 heavy (non-hydrogen) atoms. The van der Waals surface area contributed by atoms with Crippen LogP contribution in [0.1, 0.15) is 38.3 Å². The van der Waals surface area contributed by atoms with Gasteiger partial charge < -0.3 is 10.2 Å². The molecule has 0 bridgehead atoms. The maximum Gasteiger partial charge on any atom is 0.242 e. The second kappa shape index (κ2) is 13.3. The van der Waals surface area contributed by atoms with Gasteiger partial charge in [-0.2, -0.15) is 0 Å². The molecular weight excluding hydrogens is 487 g/mol.